The number of carbonyl (C=O) groups is 2. The zero-order valence-electron chi connectivity index (χ0n) is 13.3. The molecule has 0 spiro atoms. The Labute approximate surface area is 141 Å². The van der Waals surface area contributed by atoms with Gasteiger partial charge < -0.3 is 10.2 Å². The molecular weight excluding hydrogens is 308 g/mol. The molecule has 1 aromatic rings. The zero-order chi connectivity index (χ0) is 16.0. The Hall–Kier alpha value is -1.49. The number of thioether (sulfide) groups is 1. The summed E-state index contributed by atoms with van der Waals surface area (Å²) < 4.78 is 0. The standard InChI is InChI=1S/C18H22N2O2S/c1-18-10-9-15(21)20(18)14(11-23-18)17(22)19-16(13-7-8-13)12-5-3-2-4-6-12/h2-6,13-14,16H,7-11H2,1H3,(H,19,22)/t14-,16-,18-/m0/s1. The molecule has 3 fully saturated rings. The molecule has 0 radical (unpaired) electrons. The lowest BCUT2D eigenvalue weighted by atomic mass is 10.0. The topological polar surface area (TPSA) is 49.4 Å². The minimum absolute atomic E-state index is 0.0113. The molecule has 5 heteroatoms. The van der Waals surface area contributed by atoms with Gasteiger partial charge in [0.2, 0.25) is 11.8 Å². The van der Waals surface area contributed by atoms with E-state index in [1.807, 2.05) is 23.1 Å². The van der Waals surface area contributed by atoms with Gasteiger partial charge in [0.25, 0.3) is 0 Å². The van der Waals surface area contributed by atoms with Gasteiger partial charge in [-0.2, -0.15) is 0 Å². The van der Waals surface area contributed by atoms with E-state index >= 15 is 0 Å². The van der Waals surface area contributed by atoms with E-state index in [0.29, 0.717) is 18.1 Å². The normalized spacial score (nSPS) is 31.1. The van der Waals surface area contributed by atoms with Crippen molar-refractivity contribution in [3.05, 3.63) is 35.9 Å². The summed E-state index contributed by atoms with van der Waals surface area (Å²) in [5.74, 6) is 1.38. The second-order valence-electron chi connectivity index (χ2n) is 7.00. The Kier molecular flexibility index (Phi) is 3.63. The highest BCUT2D eigenvalue weighted by Crippen LogP contribution is 2.47. The van der Waals surface area contributed by atoms with E-state index in [1.54, 1.807) is 11.8 Å². The fraction of sp³-hybridized carbons (Fsp3) is 0.556. The van der Waals surface area contributed by atoms with E-state index in [9.17, 15) is 9.59 Å². The van der Waals surface area contributed by atoms with Gasteiger partial charge in [-0.05, 0) is 37.7 Å². The largest absolute Gasteiger partial charge is 0.347 e. The molecule has 1 aliphatic carbocycles. The monoisotopic (exact) mass is 330 g/mol. The molecule has 4 nitrogen and oxygen atoms in total. The first-order valence-electron chi connectivity index (χ1n) is 8.40. The van der Waals surface area contributed by atoms with Gasteiger partial charge >= 0.3 is 0 Å². The molecule has 2 heterocycles. The molecule has 0 aromatic heterocycles. The van der Waals surface area contributed by atoms with E-state index in [0.717, 1.165) is 6.42 Å². The lowest BCUT2D eigenvalue weighted by Gasteiger charge is -2.31. The van der Waals surface area contributed by atoms with Crippen LogP contribution in [0.4, 0.5) is 0 Å². The molecule has 0 unspecified atom stereocenters. The van der Waals surface area contributed by atoms with Gasteiger partial charge in [-0.15, -0.1) is 11.8 Å². The molecule has 1 saturated carbocycles. The van der Waals surface area contributed by atoms with Crippen LogP contribution in [0.1, 0.15) is 44.2 Å². The van der Waals surface area contributed by atoms with Crippen molar-refractivity contribution in [1.82, 2.24) is 10.2 Å². The smallest absolute Gasteiger partial charge is 0.244 e. The van der Waals surface area contributed by atoms with Crippen molar-refractivity contribution in [3.63, 3.8) is 0 Å². The third-order valence-corrected chi connectivity index (χ3v) is 6.80. The molecule has 0 bridgehead atoms. The summed E-state index contributed by atoms with van der Waals surface area (Å²) in [7, 11) is 0. The lowest BCUT2D eigenvalue weighted by Crippen LogP contribution is -2.50. The maximum atomic E-state index is 12.9. The van der Waals surface area contributed by atoms with Crippen molar-refractivity contribution in [2.75, 3.05) is 5.75 Å². The van der Waals surface area contributed by atoms with Crippen LogP contribution in [0, 0.1) is 5.92 Å². The summed E-state index contributed by atoms with van der Waals surface area (Å²) in [5, 5.41) is 3.24. The van der Waals surface area contributed by atoms with Crippen LogP contribution in [0.5, 0.6) is 0 Å². The Morgan fingerprint density at radius 2 is 2.09 bits per heavy atom. The molecule has 1 N–H and O–H groups in total. The lowest BCUT2D eigenvalue weighted by molar-refractivity contribution is -0.138. The average Bonchev–Trinajstić information content (AvgIpc) is 3.27. The molecule has 3 atom stereocenters. The van der Waals surface area contributed by atoms with Gasteiger partial charge in [0.05, 0.1) is 10.9 Å². The van der Waals surface area contributed by atoms with Crippen LogP contribution >= 0.6 is 11.8 Å². The summed E-state index contributed by atoms with van der Waals surface area (Å²) in [6.45, 7) is 2.09. The van der Waals surface area contributed by atoms with Gasteiger partial charge in [0.1, 0.15) is 6.04 Å². The van der Waals surface area contributed by atoms with Crippen LogP contribution in [0.25, 0.3) is 0 Å². The number of rotatable bonds is 4. The maximum Gasteiger partial charge on any atom is 0.244 e. The van der Waals surface area contributed by atoms with Crippen molar-refractivity contribution < 1.29 is 9.59 Å². The second-order valence-corrected chi connectivity index (χ2v) is 8.50. The maximum absolute atomic E-state index is 12.9. The first kappa shape index (κ1) is 15.1. The van der Waals surface area contributed by atoms with Crippen LogP contribution in [-0.2, 0) is 9.59 Å². The van der Waals surface area contributed by atoms with Crippen LogP contribution in [0.3, 0.4) is 0 Å². The number of nitrogens with zero attached hydrogens (tertiary/aromatic N) is 1. The van der Waals surface area contributed by atoms with Crippen LogP contribution in [-0.4, -0.2) is 33.4 Å². The van der Waals surface area contributed by atoms with E-state index < -0.39 is 0 Å². The predicted molar refractivity (Wildman–Crippen MR) is 90.8 cm³/mol. The van der Waals surface area contributed by atoms with Crippen molar-refractivity contribution in [3.8, 4) is 0 Å². The van der Waals surface area contributed by atoms with Crippen molar-refractivity contribution >= 4 is 23.6 Å². The first-order chi connectivity index (χ1) is 11.1. The second kappa shape index (κ2) is 5.55. The molecule has 1 aromatic carbocycles. The SMILES string of the molecule is C[C@]12CCC(=O)N1[C@H](C(=O)N[C@@H](c1ccccc1)C1CC1)CS2. The minimum atomic E-state index is -0.315. The molecule has 4 rings (SSSR count). The van der Waals surface area contributed by atoms with Crippen molar-refractivity contribution in [2.24, 2.45) is 5.92 Å². The van der Waals surface area contributed by atoms with Crippen molar-refractivity contribution in [2.45, 2.75) is 49.6 Å². The number of nitrogens with one attached hydrogen (secondary N) is 1. The molecule has 122 valence electrons. The molecular formula is C18H22N2O2S. The van der Waals surface area contributed by atoms with Gasteiger partial charge in [0, 0.05) is 12.2 Å². The summed E-state index contributed by atoms with van der Waals surface area (Å²) in [6, 6.07) is 9.96. The fourth-order valence-electron chi connectivity index (χ4n) is 3.83. The third-order valence-electron chi connectivity index (χ3n) is 5.30. The van der Waals surface area contributed by atoms with Gasteiger partial charge in [-0.3, -0.25) is 9.59 Å². The number of amides is 2. The van der Waals surface area contributed by atoms with Gasteiger partial charge in [-0.1, -0.05) is 30.3 Å². The molecule has 2 amide bonds. The first-order valence-corrected chi connectivity index (χ1v) is 9.38. The highest BCUT2D eigenvalue weighted by Gasteiger charge is 2.53. The zero-order valence-corrected chi connectivity index (χ0v) is 14.1. The Morgan fingerprint density at radius 3 is 2.78 bits per heavy atom. The summed E-state index contributed by atoms with van der Waals surface area (Å²) in [6.07, 6.45) is 3.75. The van der Waals surface area contributed by atoms with Crippen LogP contribution in [0.15, 0.2) is 30.3 Å². The third kappa shape index (κ3) is 2.65. The van der Waals surface area contributed by atoms with Gasteiger partial charge in [-0.25, -0.2) is 0 Å². The average molecular weight is 330 g/mol. The molecule has 2 saturated heterocycles. The summed E-state index contributed by atoms with van der Waals surface area (Å²) in [4.78, 5) is 26.7. The number of carbonyl (C=O) groups excluding carboxylic acids is 2. The molecule has 23 heavy (non-hydrogen) atoms. The Bertz CT molecular complexity index is 631. The van der Waals surface area contributed by atoms with E-state index in [4.69, 9.17) is 0 Å². The highest BCUT2D eigenvalue weighted by atomic mass is 32.2. The fourth-order valence-corrected chi connectivity index (χ4v) is 5.26. The van der Waals surface area contributed by atoms with E-state index in [2.05, 4.69) is 24.4 Å². The molecule has 3 aliphatic rings. The Balaban J connectivity index is 1.52. The van der Waals surface area contributed by atoms with E-state index in [1.165, 1.54) is 18.4 Å². The van der Waals surface area contributed by atoms with Crippen LogP contribution < -0.4 is 5.32 Å². The predicted octanol–water partition coefficient (Wildman–Crippen LogP) is 2.71. The Morgan fingerprint density at radius 1 is 1.35 bits per heavy atom. The highest BCUT2D eigenvalue weighted by molar-refractivity contribution is 8.01. The number of hydrogen-bond donors (Lipinski definition) is 1. The minimum Gasteiger partial charge on any atom is -0.347 e. The summed E-state index contributed by atoms with van der Waals surface area (Å²) >= 11 is 1.75. The quantitative estimate of drug-likeness (QED) is 0.923. The van der Waals surface area contributed by atoms with Crippen molar-refractivity contribution in [1.29, 1.82) is 0 Å². The molecule has 2 aliphatic heterocycles. The van der Waals surface area contributed by atoms with E-state index in [-0.39, 0.29) is 28.8 Å². The summed E-state index contributed by atoms with van der Waals surface area (Å²) in [5.41, 5.74) is 1.17. The van der Waals surface area contributed by atoms with Gasteiger partial charge in [0.15, 0.2) is 0 Å². The number of fused-ring (bicyclic) bond motifs is 1. The number of benzene rings is 1. The van der Waals surface area contributed by atoms with Crippen LogP contribution in [0.2, 0.25) is 0 Å². The number of hydrogen-bond acceptors (Lipinski definition) is 3.